The average molecular weight is 313 g/mol. The number of benzene rings is 2. The lowest BCUT2D eigenvalue weighted by atomic mass is 10.2. The molecule has 0 bridgehead atoms. The largest absolute Gasteiger partial charge is 0.399 e. The Morgan fingerprint density at radius 3 is 2.38 bits per heavy atom. The van der Waals surface area contributed by atoms with E-state index in [4.69, 9.17) is 10.9 Å². The number of halogens is 2. The van der Waals surface area contributed by atoms with Crippen LogP contribution < -0.4 is 16.2 Å². The standard InChI is InChI=1S/C13H13F2N3O2S/c14-10-3-1-8(5-11(10)15)7-18-12-4-2-9(16)6-13(12)21(17,19)20/h1-6,18H,7,16H2,(H2,17,19,20). The van der Waals surface area contributed by atoms with Crippen molar-refractivity contribution >= 4 is 21.4 Å². The molecule has 0 aliphatic heterocycles. The molecule has 0 saturated carbocycles. The van der Waals surface area contributed by atoms with E-state index < -0.39 is 21.7 Å². The van der Waals surface area contributed by atoms with Gasteiger partial charge in [0, 0.05) is 12.2 Å². The van der Waals surface area contributed by atoms with E-state index in [1.165, 1.54) is 24.3 Å². The minimum Gasteiger partial charge on any atom is -0.399 e. The Morgan fingerprint density at radius 1 is 1.05 bits per heavy atom. The molecule has 8 heteroatoms. The Bertz CT molecular complexity index is 779. The van der Waals surface area contributed by atoms with Crippen LogP contribution >= 0.6 is 0 Å². The first-order chi connectivity index (χ1) is 9.77. The smallest absolute Gasteiger partial charge is 0.240 e. The second kappa shape index (κ2) is 5.66. The van der Waals surface area contributed by atoms with Crippen LogP contribution in [-0.4, -0.2) is 8.42 Å². The van der Waals surface area contributed by atoms with E-state index in [0.29, 0.717) is 5.56 Å². The Hall–Kier alpha value is -2.19. The molecule has 0 aliphatic carbocycles. The molecule has 5 nitrogen and oxygen atoms in total. The van der Waals surface area contributed by atoms with Gasteiger partial charge in [-0.1, -0.05) is 6.07 Å². The Balaban J connectivity index is 2.26. The highest BCUT2D eigenvalue weighted by Crippen LogP contribution is 2.23. The highest BCUT2D eigenvalue weighted by Gasteiger charge is 2.14. The number of rotatable bonds is 4. The van der Waals surface area contributed by atoms with Crippen molar-refractivity contribution in [1.29, 1.82) is 0 Å². The summed E-state index contributed by atoms with van der Waals surface area (Å²) in [5.74, 6) is -1.92. The van der Waals surface area contributed by atoms with E-state index >= 15 is 0 Å². The third-order valence-electron chi connectivity index (χ3n) is 2.78. The summed E-state index contributed by atoms with van der Waals surface area (Å²) >= 11 is 0. The van der Waals surface area contributed by atoms with Crippen molar-refractivity contribution in [3.8, 4) is 0 Å². The van der Waals surface area contributed by atoms with Crippen LogP contribution in [0.5, 0.6) is 0 Å². The Kier molecular flexibility index (Phi) is 4.10. The van der Waals surface area contributed by atoms with Gasteiger partial charge >= 0.3 is 0 Å². The third-order valence-corrected chi connectivity index (χ3v) is 3.73. The van der Waals surface area contributed by atoms with Crippen molar-refractivity contribution < 1.29 is 17.2 Å². The van der Waals surface area contributed by atoms with Crippen molar-refractivity contribution in [1.82, 2.24) is 0 Å². The number of primary sulfonamides is 1. The molecule has 0 amide bonds. The van der Waals surface area contributed by atoms with Crippen LogP contribution in [0, 0.1) is 11.6 Å². The van der Waals surface area contributed by atoms with Crippen molar-refractivity contribution in [3.05, 3.63) is 53.6 Å². The highest BCUT2D eigenvalue weighted by molar-refractivity contribution is 7.89. The summed E-state index contributed by atoms with van der Waals surface area (Å²) in [6.45, 7) is 0.101. The predicted octanol–water partition coefficient (Wildman–Crippen LogP) is 1.81. The highest BCUT2D eigenvalue weighted by atomic mass is 32.2. The van der Waals surface area contributed by atoms with Gasteiger partial charge in [-0.3, -0.25) is 0 Å². The zero-order valence-corrected chi connectivity index (χ0v) is 11.6. The van der Waals surface area contributed by atoms with Crippen molar-refractivity contribution in [2.24, 2.45) is 5.14 Å². The van der Waals surface area contributed by atoms with Crippen LogP contribution in [0.4, 0.5) is 20.2 Å². The first kappa shape index (κ1) is 15.2. The molecule has 0 spiro atoms. The first-order valence-electron chi connectivity index (χ1n) is 5.87. The molecule has 0 unspecified atom stereocenters. The quantitative estimate of drug-likeness (QED) is 0.750. The lowest BCUT2D eigenvalue weighted by molar-refractivity contribution is 0.507. The molecule has 0 saturated heterocycles. The van der Waals surface area contributed by atoms with Gasteiger partial charge in [-0.15, -0.1) is 0 Å². The van der Waals surface area contributed by atoms with Crippen LogP contribution in [0.3, 0.4) is 0 Å². The third kappa shape index (κ3) is 3.67. The monoisotopic (exact) mass is 313 g/mol. The number of nitrogen functional groups attached to an aromatic ring is 1. The van der Waals surface area contributed by atoms with Gasteiger partial charge < -0.3 is 11.1 Å². The number of hydrogen-bond donors (Lipinski definition) is 3. The Labute approximate surface area is 120 Å². The molecule has 0 aromatic heterocycles. The SMILES string of the molecule is Nc1ccc(NCc2ccc(F)c(F)c2)c(S(N)(=O)=O)c1. The Morgan fingerprint density at radius 2 is 1.76 bits per heavy atom. The number of nitrogens with two attached hydrogens (primary N) is 2. The van der Waals surface area contributed by atoms with E-state index in [-0.39, 0.29) is 22.8 Å². The summed E-state index contributed by atoms with van der Waals surface area (Å²) in [5.41, 5.74) is 6.46. The fourth-order valence-corrected chi connectivity index (χ4v) is 2.51. The molecule has 0 atom stereocenters. The second-order valence-corrected chi connectivity index (χ2v) is 5.93. The lowest BCUT2D eigenvalue weighted by Crippen LogP contribution is -2.15. The maximum absolute atomic E-state index is 13.1. The van der Waals surface area contributed by atoms with Crippen LogP contribution in [0.2, 0.25) is 0 Å². The summed E-state index contributed by atoms with van der Waals surface area (Å²) in [6, 6.07) is 7.59. The van der Waals surface area contributed by atoms with Crippen molar-refractivity contribution in [3.63, 3.8) is 0 Å². The van der Waals surface area contributed by atoms with Gasteiger partial charge in [0.25, 0.3) is 0 Å². The fraction of sp³-hybridized carbons (Fsp3) is 0.0769. The van der Waals surface area contributed by atoms with Crippen LogP contribution in [0.1, 0.15) is 5.56 Å². The molecular formula is C13H13F2N3O2S. The predicted molar refractivity (Wildman–Crippen MR) is 75.9 cm³/mol. The summed E-state index contributed by atoms with van der Waals surface area (Å²) in [5, 5.41) is 7.91. The van der Waals surface area contributed by atoms with Gasteiger partial charge in [0.05, 0.1) is 5.69 Å². The molecule has 2 aromatic rings. The topological polar surface area (TPSA) is 98.2 Å². The molecule has 2 aromatic carbocycles. The number of nitrogens with one attached hydrogen (secondary N) is 1. The van der Waals surface area contributed by atoms with Crippen LogP contribution in [0.15, 0.2) is 41.3 Å². The summed E-state index contributed by atoms with van der Waals surface area (Å²) in [4.78, 5) is -0.162. The molecular weight excluding hydrogens is 300 g/mol. The van der Waals surface area contributed by atoms with E-state index in [2.05, 4.69) is 5.32 Å². The van der Waals surface area contributed by atoms with E-state index in [1.807, 2.05) is 0 Å². The minimum atomic E-state index is -3.95. The zero-order chi connectivity index (χ0) is 15.6. The van der Waals surface area contributed by atoms with Gasteiger partial charge in [-0.05, 0) is 35.9 Å². The van der Waals surface area contributed by atoms with Gasteiger partial charge in [0.1, 0.15) is 4.90 Å². The van der Waals surface area contributed by atoms with E-state index in [9.17, 15) is 17.2 Å². The van der Waals surface area contributed by atoms with E-state index in [0.717, 1.165) is 12.1 Å². The van der Waals surface area contributed by atoms with Crippen molar-refractivity contribution in [2.75, 3.05) is 11.1 Å². The first-order valence-corrected chi connectivity index (χ1v) is 7.42. The molecule has 0 radical (unpaired) electrons. The molecule has 0 fully saturated rings. The molecule has 0 heterocycles. The number of sulfonamides is 1. The minimum absolute atomic E-state index is 0.101. The summed E-state index contributed by atoms with van der Waals surface area (Å²) in [7, 11) is -3.95. The van der Waals surface area contributed by atoms with Gasteiger partial charge in [0.2, 0.25) is 10.0 Å². The average Bonchev–Trinajstić information content (AvgIpc) is 2.40. The fourth-order valence-electron chi connectivity index (χ4n) is 1.77. The molecule has 5 N–H and O–H groups in total. The van der Waals surface area contributed by atoms with Gasteiger partial charge in [0.15, 0.2) is 11.6 Å². The zero-order valence-electron chi connectivity index (χ0n) is 10.8. The number of anilines is 2. The van der Waals surface area contributed by atoms with Crippen molar-refractivity contribution in [2.45, 2.75) is 11.4 Å². The molecule has 2 rings (SSSR count). The van der Waals surface area contributed by atoms with Gasteiger partial charge in [-0.2, -0.15) is 0 Å². The summed E-state index contributed by atoms with van der Waals surface area (Å²) < 4.78 is 48.9. The second-order valence-electron chi connectivity index (χ2n) is 4.40. The lowest BCUT2D eigenvalue weighted by Gasteiger charge is -2.11. The van der Waals surface area contributed by atoms with Gasteiger partial charge in [-0.25, -0.2) is 22.3 Å². The number of hydrogen-bond acceptors (Lipinski definition) is 4. The maximum Gasteiger partial charge on any atom is 0.240 e. The molecule has 0 aliphatic rings. The molecule has 21 heavy (non-hydrogen) atoms. The normalized spacial score (nSPS) is 11.4. The van der Waals surface area contributed by atoms with Crippen LogP contribution in [0.25, 0.3) is 0 Å². The maximum atomic E-state index is 13.1. The molecule has 112 valence electrons. The summed E-state index contributed by atoms with van der Waals surface area (Å²) in [6.07, 6.45) is 0. The van der Waals surface area contributed by atoms with E-state index in [1.54, 1.807) is 0 Å². The van der Waals surface area contributed by atoms with Crippen LogP contribution in [-0.2, 0) is 16.6 Å².